The highest BCUT2D eigenvalue weighted by atomic mass is 35.5. The molecule has 8 heteroatoms. The molecule has 7 nitrogen and oxygen atoms in total. The van der Waals surface area contributed by atoms with Crippen molar-refractivity contribution < 1.29 is 14.3 Å². The zero-order valence-electron chi connectivity index (χ0n) is 18.6. The molecule has 2 aliphatic rings. The Morgan fingerprint density at radius 2 is 1.81 bits per heavy atom. The number of carbonyl (C=O) groups is 2. The van der Waals surface area contributed by atoms with E-state index in [1.54, 1.807) is 31.4 Å². The van der Waals surface area contributed by atoms with Gasteiger partial charge in [-0.3, -0.25) is 9.69 Å². The van der Waals surface area contributed by atoms with Crippen molar-refractivity contribution in [2.24, 2.45) is 0 Å². The second kappa shape index (κ2) is 9.48. The number of benzene rings is 2. The number of rotatable bonds is 4. The standard InChI is InChI=1S/C24H29ClN4O3/c1-15-21-12-19(7-4-16(21)10-11-28(15)2)26-23(30)22-13-20(32-3)14-29(22)24(31)27-18-8-5-17(25)6-9-18/h4-9,12,15,20,22H,10-11,13-14H2,1-3H3,(H,26,30)(H,27,31)/t15?,20-,22-/m1/s1. The highest BCUT2D eigenvalue weighted by molar-refractivity contribution is 6.30. The van der Waals surface area contributed by atoms with Crippen LogP contribution in [0.2, 0.25) is 5.02 Å². The second-order valence-electron chi connectivity index (χ2n) is 8.51. The smallest absolute Gasteiger partial charge is 0.322 e. The van der Waals surface area contributed by atoms with Gasteiger partial charge < -0.3 is 20.3 Å². The molecule has 2 N–H and O–H groups in total. The minimum atomic E-state index is -0.622. The SMILES string of the molecule is CO[C@@H]1C[C@H](C(=O)Nc2ccc3c(c2)C(C)N(C)CC3)N(C(=O)Nc2ccc(Cl)cc2)C1. The molecule has 0 aliphatic carbocycles. The maximum Gasteiger partial charge on any atom is 0.322 e. The minimum Gasteiger partial charge on any atom is -0.380 e. The average Bonchev–Trinajstić information content (AvgIpc) is 3.23. The van der Waals surface area contributed by atoms with Crippen molar-refractivity contribution in [1.29, 1.82) is 0 Å². The molecule has 3 amide bonds. The summed E-state index contributed by atoms with van der Waals surface area (Å²) in [6, 6.07) is 12.3. The number of halogens is 1. The molecule has 2 heterocycles. The van der Waals surface area contributed by atoms with E-state index in [0.29, 0.717) is 29.7 Å². The lowest BCUT2D eigenvalue weighted by Crippen LogP contribution is -2.45. The predicted octanol–water partition coefficient (Wildman–Crippen LogP) is 4.15. The summed E-state index contributed by atoms with van der Waals surface area (Å²) in [5.41, 5.74) is 3.91. The van der Waals surface area contributed by atoms with Gasteiger partial charge in [0.05, 0.1) is 6.10 Å². The van der Waals surface area contributed by atoms with Crippen LogP contribution in [-0.4, -0.2) is 61.1 Å². The molecular weight excluding hydrogens is 428 g/mol. The fourth-order valence-corrected chi connectivity index (χ4v) is 4.54. The fourth-order valence-electron chi connectivity index (χ4n) is 4.41. The monoisotopic (exact) mass is 456 g/mol. The summed E-state index contributed by atoms with van der Waals surface area (Å²) in [5.74, 6) is -0.215. The van der Waals surface area contributed by atoms with E-state index in [1.807, 2.05) is 6.07 Å². The Morgan fingerprint density at radius 3 is 2.53 bits per heavy atom. The van der Waals surface area contributed by atoms with E-state index < -0.39 is 6.04 Å². The van der Waals surface area contributed by atoms with E-state index in [-0.39, 0.29) is 18.0 Å². The van der Waals surface area contributed by atoms with Crippen LogP contribution in [0.5, 0.6) is 0 Å². The van der Waals surface area contributed by atoms with Crippen molar-refractivity contribution in [3.05, 3.63) is 58.6 Å². The molecule has 0 bridgehead atoms. The Bertz CT molecular complexity index is 997. The van der Waals surface area contributed by atoms with Crippen LogP contribution in [0, 0.1) is 0 Å². The van der Waals surface area contributed by atoms with Crippen molar-refractivity contribution in [3.8, 4) is 0 Å². The van der Waals surface area contributed by atoms with Gasteiger partial charge >= 0.3 is 6.03 Å². The fraction of sp³-hybridized carbons (Fsp3) is 0.417. The van der Waals surface area contributed by atoms with Crippen LogP contribution in [-0.2, 0) is 16.0 Å². The van der Waals surface area contributed by atoms with Crippen LogP contribution in [0.3, 0.4) is 0 Å². The van der Waals surface area contributed by atoms with Gasteiger partial charge in [0.15, 0.2) is 0 Å². The summed E-state index contributed by atoms with van der Waals surface area (Å²) in [6.07, 6.45) is 1.25. The predicted molar refractivity (Wildman–Crippen MR) is 126 cm³/mol. The molecule has 0 radical (unpaired) electrons. The summed E-state index contributed by atoms with van der Waals surface area (Å²) in [7, 11) is 3.71. The van der Waals surface area contributed by atoms with Crippen molar-refractivity contribution >= 4 is 34.9 Å². The van der Waals surface area contributed by atoms with Crippen LogP contribution in [0.15, 0.2) is 42.5 Å². The number of urea groups is 1. The Kier molecular flexibility index (Phi) is 6.69. The molecule has 32 heavy (non-hydrogen) atoms. The lowest BCUT2D eigenvalue weighted by molar-refractivity contribution is -0.119. The maximum absolute atomic E-state index is 13.2. The van der Waals surface area contributed by atoms with Gasteiger partial charge in [0.25, 0.3) is 0 Å². The van der Waals surface area contributed by atoms with Gasteiger partial charge in [0.1, 0.15) is 6.04 Å². The van der Waals surface area contributed by atoms with Crippen LogP contribution in [0.4, 0.5) is 16.2 Å². The Balaban J connectivity index is 1.48. The van der Waals surface area contributed by atoms with Crippen molar-refractivity contribution in [3.63, 3.8) is 0 Å². The van der Waals surface area contributed by atoms with Crippen molar-refractivity contribution in [2.75, 3.05) is 37.9 Å². The normalized spacial score (nSPS) is 23.0. The number of hydrogen-bond acceptors (Lipinski definition) is 4. The van der Waals surface area contributed by atoms with Crippen LogP contribution < -0.4 is 10.6 Å². The zero-order chi connectivity index (χ0) is 22.8. The van der Waals surface area contributed by atoms with Gasteiger partial charge in [-0.25, -0.2) is 4.79 Å². The lowest BCUT2D eigenvalue weighted by atomic mass is 9.93. The third-order valence-corrected chi connectivity index (χ3v) is 6.77. The van der Waals surface area contributed by atoms with Crippen LogP contribution in [0.1, 0.15) is 30.5 Å². The quantitative estimate of drug-likeness (QED) is 0.724. The largest absolute Gasteiger partial charge is 0.380 e. The van der Waals surface area contributed by atoms with Crippen LogP contribution in [0.25, 0.3) is 0 Å². The van der Waals surface area contributed by atoms with Gasteiger partial charge in [-0.1, -0.05) is 17.7 Å². The minimum absolute atomic E-state index is 0.195. The van der Waals surface area contributed by atoms with Gasteiger partial charge in [-0.2, -0.15) is 0 Å². The Morgan fingerprint density at radius 1 is 1.09 bits per heavy atom. The number of nitrogens with one attached hydrogen (secondary N) is 2. The van der Waals surface area contributed by atoms with E-state index in [9.17, 15) is 9.59 Å². The summed E-state index contributed by atoms with van der Waals surface area (Å²) < 4.78 is 5.46. The van der Waals surface area contributed by atoms with E-state index in [2.05, 4.69) is 41.6 Å². The molecule has 4 rings (SSSR count). The first-order valence-corrected chi connectivity index (χ1v) is 11.2. The molecule has 3 atom stereocenters. The molecule has 0 spiro atoms. The number of anilines is 2. The summed E-state index contributed by atoms with van der Waals surface area (Å²) in [6.45, 7) is 3.55. The Hall–Kier alpha value is -2.61. The maximum atomic E-state index is 13.2. The number of ether oxygens (including phenoxy) is 1. The number of amides is 3. The molecule has 1 saturated heterocycles. The van der Waals surface area contributed by atoms with Gasteiger partial charge in [-0.15, -0.1) is 0 Å². The number of carbonyl (C=O) groups excluding carboxylic acids is 2. The number of likely N-dealkylation sites (N-methyl/N-ethyl adjacent to an activating group) is 1. The van der Waals surface area contributed by atoms with E-state index in [4.69, 9.17) is 16.3 Å². The molecule has 170 valence electrons. The molecule has 2 aliphatic heterocycles. The highest BCUT2D eigenvalue weighted by Crippen LogP contribution is 2.31. The van der Waals surface area contributed by atoms with E-state index in [0.717, 1.165) is 18.7 Å². The molecular formula is C24H29ClN4O3. The number of hydrogen-bond donors (Lipinski definition) is 2. The number of methoxy groups -OCH3 is 1. The molecule has 1 fully saturated rings. The lowest BCUT2D eigenvalue weighted by Gasteiger charge is -2.32. The van der Waals surface area contributed by atoms with Crippen molar-refractivity contribution in [2.45, 2.75) is 38.0 Å². The molecule has 2 aromatic rings. The first-order chi connectivity index (χ1) is 15.4. The van der Waals surface area contributed by atoms with Crippen LogP contribution >= 0.6 is 11.6 Å². The second-order valence-corrected chi connectivity index (χ2v) is 8.94. The third-order valence-electron chi connectivity index (χ3n) is 6.51. The summed E-state index contributed by atoms with van der Waals surface area (Å²) in [5, 5.41) is 6.45. The molecule has 0 aromatic heterocycles. The number of likely N-dealkylation sites (tertiary alicyclic amines) is 1. The summed E-state index contributed by atoms with van der Waals surface area (Å²) in [4.78, 5) is 30.0. The highest BCUT2D eigenvalue weighted by Gasteiger charge is 2.40. The molecule has 0 saturated carbocycles. The van der Waals surface area contributed by atoms with E-state index >= 15 is 0 Å². The zero-order valence-corrected chi connectivity index (χ0v) is 19.4. The summed E-state index contributed by atoms with van der Waals surface area (Å²) >= 11 is 5.92. The molecule has 1 unspecified atom stereocenters. The first-order valence-electron chi connectivity index (χ1n) is 10.9. The third kappa shape index (κ3) is 4.75. The van der Waals surface area contributed by atoms with Gasteiger partial charge in [0, 0.05) is 49.1 Å². The molecule has 2 aromatic carbocycles. The first kappa shape index (κ1) is 22.6. The number of nitrogens with zero attached hydrogens (tertiary/aromatic N) is 2. The topological polar surface area (TPSA) is 73.9 Å². The van der Waals surface area contributed by atoms with Gasteiger partial charge in [0.2, 0.25) is 5.91 Å². The Labute approximate surface area is 193 Å². The average molecular weight is 457 g/mol. The van der Waals surface area contributed by atoms with Crippen molar-refractivity contribution in [1.82, 2.24) is 9.80 Å². The van der Waals surface area contributed by atoms with Gasteiger partial charge in [-0.05, 0) is 67.9 Å². The number of fused-ring (bicyclic) bond motifs is 1. The van der Waals surface area contributed by atoms with E-state index in [1.165, 1.54) is 16.0 Å².